The molecule has 0 aromatic carbocycles. The molecular weight excluding hydrogens is 262 g/mol. The molecule has 0 atom stereocenters. The van der Waals surface area contributed by atoms with Crippen molar-refractivity contribution in [3.8, 4) is 0 Å². The Kier molecular flexibility index (Phi) is 5.33. The molecule has 0 aliphatic heterocycles. The highest BCUT2D eigenvalue weighted by atomic mass is 15.2. The summed E-state index contributed by atoms with van der Waals surface area (Å²) < 4.78 is 2.04. The Morgan fingerprint density at radius 3 is 2.76 bits per heavy atom. The van der Waals surface area contributed by atoms with Crippen molar-refractivity contribution in [1.29, 1.82) is 0 Å². The first-order valence-electron chi connectivity index (χ1n) is 7.40. The van der Waals surface area contributed by atoms with E-state index in [1.54, 1.807) is 0 Å². The van der Waals surface area contributed by atoms with Gasteiger partial charge in [0, 0.05) is 44.8 Å². The van der Waals surface area contributed by atoms with Gasteiger partial charge in [0.15, 0.2) is 0 Å². The Balaban J connectivity index is 2.06. The van der Waals surface area contributed by atoms with Gasteiger partial charge >= 0.3 is 0 Å². The molecule has 2 aromatic rings. The molecule has 0 aliphatic carbocycles. The number of aromatic nitrogens is 3. The number of hydrogen-bond acceptors (Lipinski definition) is 4. The molecule has 1 N–H and O–H groups in total. The summed E-state index contributed by atoms with van der Waals surface area (Å²) in [6.45, 7) is 7.02. The first-order chi connectivity index (χ1) is 10.1. The molecule has 0 unspecified atom stereocenters. The van der Waals surface area contributed by atoms with Gasteiger partial charge in [-0.05, 0) is 18.5 Å². The van der Waals surface area contributed by atoms with E-state index in [9.17, 15) is 0 Å². The van der Waals surface area contributed by atoms with Crippen molar-refractivity contribution in [3.63, 3.8) is 0 Å². The molecule has 5 nitrogen and oxygen atoms in total. The third-order valence-electron chi connectivity index (χ3n) is 3.40. The van der Waals surface area contributed by atoms with Crippen LogP contribution in [0, 0.1) is 5.92 Å². The van der Waals surface area contributed by atoms with Crippen LogP contribution in [0.3, 0.4) is 0 Å². The van der Waals surface area contributed by atoms with Crippen molar-refractivity contribution in [2.24, 2.45) is 13.0 Å². The molecule has 2 rings (SSSR count). The second kappa shape index (κ2) is 7.22. The smallest absolute Gasteiger partial charge is 0.133 e. The van der Waals surface area contributed by atoms with Crippen molar-refractivity contribution < 1.29 is 0 Å². The van der Waals surface area contributed by atoms with Crippen LogP contribution in [-0.2, 0) is 20.1 Å². The van der Waals surface area contributed by atoms with Crippen LogP contribution in [0.25, 0.3) is 0 Å². The standard InChI is InChI=1S/C16H25N5/c1-13(2)10-17-11-14-6-5-7-19-16(14)21(4)12-15-18-8-9-20(15)3/h5-9,13,17H,10-12H2,1-4H3. The lowest BCUT2D eigenvalue weighted by Crippen LogP contribution is -2.24. The van der Waals surface area contributed by atoms with Gasteiger partial charge in [0.25, 0.3) is 0 Å². The molecule has 0 spiro atoms. The van der Waals surface area contributed by atoms with Crippen LogP contribution in [0.5, 0.6) is 0 Å². The lowest BCUT2D eigenvalue weighted by Gasteiger charge is -2.21. The van der Waals surface area contributed by atoms with E-state index in [2.05, 4.69) is 47.1 Å². The number of nitrogens with one attached hydrogen (secondary N) is 1. The minimum Gasteiger partial charge on any atom is -0.352 e. The van der Waals surface area contributed by atoms with E-state index in [1.807, 2.05) is 36.3 Å². The summed E-state index contributed by atoms with van der Waals surface area (Å²) in [6.07, 6.45) is 5.63. The van der Waals surface area contributed by atoms with Crippen molar-refractivity contribution in [3.05, 3.63) is 42.1 Å². The molecule has 0 saturated heterocycles. The van der Waals surface area contributed by atoms with Gasteiger partial charge < -0.3 is 14.8 Å². The van der Waals surface area contributed by atoms with Crippen LogP contribution < -0.4 is 10.2 Å². The van der Waals surface area contributed by atoms with Crippen LogP contribution in [0.1, 0.15) is 25.2 Å². The number of imidazole rings is 1. The lowest BCUT2D eigenvalue weighted by atomic mass is 10.2. The SMILES string of the molecule is CC(C)CNCc1cccnc1N(C)Cc1nccn1C. The van der Waals surface area contributed by atoms with Crippen molar-refractivity contribution >= 4 is 5.82 Å². The minimum atomic E-state index is 0.649. The van der Waals surface area contributed by atoms with Gasteiger partial charge in [0.1, 0.15) is 11.6 Å². The average Bonchev–Trinajstić information content (AvgIpc) is 2.84. The predicted octanol–water partition coefficient (Wildman–Crippen LogP) is 2.20. The number of anilines is 1. The normalized spacial score (nSPS) is 11.1. The average molecular weight is 287 g/mol. The fourth-order valence-corrected chi connectivity index (χ4v) is 2.24. The highest BCUT2D eigenvalue weighted by Gasteiger charge is 2.11. The van der Waals surface area contributed by atoms with E-state index in [4.69, 9.17) is 0 Å². The van der Waals surface area contributed by atoms with Crippen LogP contribution in [-0.4, -0.2) is 28.1 Å². The second-order valence-corrected chi connectivity index (χ2v) is 5.82. The van der Waals surface area contributed by atoms with Crippen molar-refractivity contribution in [1.82, 2.24) is 19.9 Å². The Labute approximate surface area is 127 Å². The molecule has 2 aromatic heterocycles. The molecule has 5 heteroatoms. The summed E-state index contributed by atoms with van der Waals surface area (Å²) >= 11 is 0. The first kappa shape index (κ1) is 15.5. The van der Waals surface area contributed by atoms with E-state index in [0.29, 0.717) is 5.92 Å². The van der Waals surface area contributed by atoms with Gasteiger partial charge in [0.05, 0.1) is 6.54 Å². The topological polar surface area (TPSA) is 46.0 Å². The molecule has 0 amide bonds. The summed E-state index contributed by atoms with van der Waals surface area (Å²) in [5, 5.41) is 3.48. The second-order valence-electron chi connectivity index (χ2n) is 5.82. The summed E-state index contributed by atoms with van der Waals surface area (Å²) in [4.78, 5) is 11.1. The number of aryl methyl sites for hydroxylation is 1. The molecule has 0 radical (unpaired) electrons. The Bertz CT molecular complexity index is 561. The van der Waals surface area contributed by atoms with Crippen LogP contribution in [0.15, 0.2) is 30.7 Å². The summed E-state index contributed by atoms with van der Waals surface area (Å²) in [7, 11) is 4.07. The van der Waals surface area contributed by atoms with Crippen LogP contribution in [0.2, 0.25) is 0 Å². The molecule has 2 heterocycles. The van der Waals surface area contributed by atoms with E-state index in [0.717, 1.165) is 31.3 Å². The maximum atomic E-state index is 4.54. The van der Waals surface area contributed by atoms with E-state index < -0.39 is 0 Å². The number of rotatable bonds is 7. The zero-order valence-electron chi connectivity index (χ0n) is 13.4. The first-order valence-corrected chi connectivity index (χ1v) is 7.40. The van der Waals surface area contributed by atoms with E-state index >= 15 is 0 Å². The third-order valence-corrected chi connectivity index (χ3v) is 3.40. The summed E-state index contributed by atoms with van der Waals surface area (Å²) in [5.74, 6) is 2.69. The molecule has 0 fully saturated rings. The largest absolute Gasteiger partial charge is 0.352 e. The third kappa shape index (κ3) is 4.29. The molecule has 114 valence electrons. The van der Waals surface area contributed by atoms with Gasteiger partial charge in [-0.25, -0.2) is 9.97 Å². The molecular formula is C16H25N5. The zero-order valence-corrected chi connectivity index (χ0v) is 13.4. The van der Waals surface area contributed by atoms with Gasteiger partial charge in [0.2, 0.25) is 0 Å². The van der Waals surface area contributed by atoms with Crippen LogP contribution in [0.4, 0.5) is 5.82 Å². The van der Waals surface area contributed by atoms with Gasteiger partial charge in [-0.2, -0.15) is 0 Å². The van der Waals surface area contributed by atoms with E-state index in [-0.39, 0.29) is 0 Å². The fourth-order valence-electron chi connectivity index (χ4n) is 2.24. The molecule has 0 bridgehead atoms. The highest BCUT2D eigenvalue weighted by Crippen LogP contribution is 2.17. The number of nitrogens with zero attached hydrogens (tertiary/aromatic N) is 4. The number of pyridine rings is 1. The monoisotopic (exact) mass is 287 g/mol. The van der Waals surface area contributed by atoms with Gasteiger partial charge in [-0.1, -0.05) is 19.9 Å². The lowest BCUT2D eigenvalue weighted by molar-refractivity contribution is 0.551. The highest BCUT2D eigenvalue weighted by molar-refractivity contribution is 5.46. The molecule has 21 heavy (non-hydrogen) atoms. The van der Waals surface area contributed by atoms with Gasteiger partial charge in [-0.15, -0.1) is 0 Å². The Hall–Kier alpha value is -1.88. The van der Waals surface area contributed by atoms with Crippen LogP contribution >= 0.6 is 0 Å². The van der Waals surface area contributed by atoms with Gasteiger partial charge in [-0.3, -0.25) is 0 Å². The minimum absolute atomic E-state index is 0.649. The Morgan fingerprint density at radius 1 is 1.29 bits per heavy atom. The zero-order chi connectivity index (χ0) is 15.2. The predicted molar refractivity (Wildman–Crippen MR) is 86.1 cm³/mol. The summed E-state index contributed by atoms with van der Waals surface area (Å²) in [6, 6.07) is 4.12. The maximum absolute atomic E-state index is 4.54. The summed E-state index contributed by atoms with van der Waals surface area (Å²) in [5.41, 5.74) is 1.22. The molecule has 0 saturated carbocycles. The molecule has 0 aliphatic rings. The fraction of sp³-hybridized carbons (Fsp3) is 0.500. The maximum Gasteiger partial charge on any atom is 0.133 e. The van der Waals surface area contributed by atoms with Crippen molar-refractivity contribution in [2.45, 2.75) is 26.9 Å². The number of hydrogen-bond donors (Lipinski definition) is 1. The quantitative estimate of drug-likeness (QED) is 0.848. The Morgan fingerprint density at radius 2 is 2.10 bits per heavy atom. The van der Waals surface area contributed by atoms with E-state index in [1.165, 1.54) is 5.56 Å². The van der Waals surface area contributed by atoms with Crippen molar-refractivity contribution in [2.75, 3.05) is 18.5 Å².